The van der Waals surface area contributed by atoms with Crippen molar-refractivity contribution in [3.8, 4) is 0 Å². The zero-order valence-electron chi connectivity index (χ0n) is 13.3. The fraction of sp³-hybridized carbons (Fsp3) is 0.611. The average Bonchev–Trinajstić information content (AvgIpc) is 2.54. The Balaban J connectivity index is 1.84. The monoisotopic (exact) mass is 289 g/mol. The Morgan fingerprint density at radius 2 is 1.90 bits per heavy atom. The molecule has 1 aliphatic rings. The molecular formula is C18H27NO2. The molecule has 0 amide bonds. The molecule has 1 aliphatic carbocycles. The molecule has 1 atom stereocenters. The van der Waals surface area contributed by atoms with Gasteiger partial charge in [0.1, 0.15) is 6.10 Å². The van der Waals surface area contributed by atoms with Gasteiger partial charge in [0.15, 0.2) is 0 Å². The van der Waals surface area contributed by atoms with E-state index >= 15 is 0 Å². The summed E-state index contributed by atoms with van der Waals surface area (Å²) in [5, 5.41) is 0. The van der Waals surface area contributed by atoms with Crippen LogP contribution in [-0.4, -0.2) is 36.1 Å². The smallest absolute Gasteiger partial charge is 0.338 e. The first-order chi connectivity index (χ1) is 10.2. The summed E-state index contributed by atoms with van der Waals surface area (Å²) >= 11 is 0. The van der Waals surface area contributed by atoms with E-state index in [0.717, 1.165) is 13.1 Å². The number of hydrogen-bond acceptors (Lipinski definition) is 3. The topological polar surface area (TPSA) is 29.5 Å². The van der Waals surface area contributed by atoms with Crippen LogP contribution >= 0.6 is 0 Å². The third-order valence-corrected chi connectivity index (χ3v) is 4.31. The van der Waals surface area contributed by atoms with Gasteiger partial charge in [-0.3, -0.25) is 4.90 Å². The molecular weight excluding hydrogens is 262 g/mol. The van der Waals surface area contributed by atoms with E-state index in [2.05, 4.69) is 11.8 Å². The lowest BCUT2D eigenvalue weighted by Crippen LogP contribution is -2.41. The summed E-state index contributed by atoms with van der Waals surface area (Å²) in [4.78, 5) is 14.5. The number of hydrogen-bond donors (Lipinski definition) is 0. The van der Waals surface area contributed by atoms with Crippen LogP contribution in [0.15, 0.2) is 30.3 Å². The first kappa shape index (κ1) is 16.0. The minimum absolute atomic E-state index is 0.0698. The van der Waals surface area contributed by atoms with E-state index in [1.165, 1.54) is 32.1 Å². The molecule has 0 bridgehead atoms. The molecule has 0 saturated heterocycles. The van der Waals surface area contributed by atoms with E-state index in [4.69, 9.17) is 4.74 Å². The Morgan fingerprint density at radius 1 is 1.24 bits per heavy atom. The summed E-state index contributed by atoms with van der Waals surface area (Å²) in [6.07, 6.45) is 6.53. The molecule has 21 heavy (non-hydrogen) atoms. The lowest BCUT2D eigenvalue weighted by molar-refractivity contribution is 0.0189. The Bertz CT molecular complexity index is 426. The molecule has 116 valence electrons. The molecule has 0 aliphatic heterocycles. The van der Waals surface area contributed by atoms with Gasteiger partial charge >= 0.3 is 5.97 Å². The number of ether oxygens (including phenoxy) is 1. The summed E-state index contributed by atoms with van der Waals surface area (Å²) in [5.41, 5.74) is 0.630. The SMILES string of the molecule is CCN(CC(C)OC(=O)c1ccccc1)C1CCCCC1. The number of rotatable bonds is 6. The van der Waals surface area contributed by atoms with Crippen LogP contribution in [0.1, 0.15) is 56.3 Å². The van der Waals surface area contributed by atoms with Crippen molar-refractivity contribution in [2.24, 2.45) is 0 Å². The summed E-state index contributed by atoms with van der Waals surface area (Å²) in [6, 6.07) is 9.90. The van der Waals surface area contributed by atoms with Gasteiger partial charge in [0.05, 0.1) is 5.56 Å². The maximum atomic E-state index is 12.1. The van der Waals surface area contributed by atoms with Crippen LogP contribution < -0.4 is 0 Å². The molecule has 0 heterocycles. The third-order valence-electron chi connectivity index (χ3n) is 4.31. The first-order valence-electron chi connectivity index (χ1n) is 8.20. The quantitative estimate of drug-likeness (QED) is 0.744. The van der Waals surface area contributed by atoms with Crippen molar-refractivity contribution < 1.29 is 9.53 Å². The highest BCUT2D eigenvalue weighted by molar-refractivity contribution is 5.89. The fourth-order valence-corrected chi connectivity index (χ4v) is 3.18. The maximum Gasteiger partial charge on any atom is 0.338 e. The van der Waals surface area contributed by atoms with Gasteiger partial charge < -0.3 is 4.74 Å². The predicted molar refractivity (Wildman–Crippen MR) is 85.4 cm³/mol. The van der Waals surface area contributed by atoms with Crippen LogP contribution in [0.25, 0.3) is 0 Å². The Kier molecular flexibility index (Phi) is 6.24. The van der Waals surface area contributed by atoms with E-state index in [1.807, 2.05) is 25.1 Å². The van der Waals surface area contributed by atoms with Crippen LogP contribution in [0, 0.1) is 0 Å². The van der Waals surface area contributed by atoms with Gasteiger partial charge in [0.2, 0.25) is 0 Å². The Labute approximate surface area is 128 Å². The van der Waals surface area contributed by atoms with Gasteiger partial charge in [-0.2, -0.15) is 0 Å². The second-order valence-corrected chi connectivity index (χ2v) is 5.96. The Hall–Kier alpha value is -1.35. The molecule has 1 aromatic carbocycles. The lowest BCUT2D eigenvalue weighted by atomic mass is 9.94. The summed E-state index contributed by atoms with van der Waals surface area (Å²) in [7, 11) is 0. The van der Waals surface area contributed by atoms with E-state index < -0.39 is 0 Å². The van der Waals surface area contributed by atoms with Crippen molar-refractivity contribution in [2.75, 3.05) is 13.1 Å². The Morgan fingerprint density at radius 3 is 2.52 bits per heavy atom. The zero-order valence-corrected chi connectivity index (χ0v) is 13.3. The van der Waals surface area contributed by atoms with Crippen molar-refractivity contribution in [3.05, 3.63) is 35.9 Å². The maximum absolute atomic E-state index is 12.1. The zero-order chi connectivity index (χ0) is 15.1. The number of benzene rings is 1. The fourth-order valence-electron chi connectivity index (χ4n) is 3.18. The van der Waals surface area contributed by atoms with Crippen molar-refractivity contribution in [3.63, 3.8) is 0 Å². The largest absolute Gasteiger partial charge is 0.458 e. The minimum atomic E-state index is -0.220. The summed E-state index contributed by atoms with van der Waals surface area (Å²) in [6.45, 7) is 6.05. The summed E-state index contributed by atoms with van der Waals surface area (Å²) in [5.74, 6) is -0.220. The molecule has 0 spiro atoms. The van der Waals surface area contributed by atoms with Gasteiger partial charge in [-0.25, -0.2) is 4.79 Å². The highest BCUT2D eigenvalue weighted by atomic mass is 16.5. The van der Waals surface area contributed by atoms with E-state index in [-0.39, 0.29) is 12.1 Å². The third kappa shape index (κ3) is 4.85. The van der Waals surface area contributed by atoms with E-state index in [0.29, 0.717) is 11.6 Å². The molecule has 0 radical (unpaired) electrons. The molecule has 2 rings (SSSR count). The van der Waals surface area contributed by atoms with Crippen molar-refractivity contribution >= 4 is 5.97 Å². The van der Waals surface area contributed by atoms with Gasteiger partial charge in [-0.1, -0.05) is 44.4 Å². The van der Waals surface area contributed by atoms with Gasteiger partial charge in [-0.05, 0) is 38.4 Å². The number of carbonyl (C=O) groups is 1. The molecule has 0 N–H and O–H groups in total. The normalized spacial score (nSPS) is 17.7. The minimum Gasteiger partial charge on any atom is -0.458 e. The van der Waals surface area contributed by atoms with E-state index in [9.17, 15) is 4.79 Å². The second kappa shape index (κ2) is 8.18. The van der Waals surface area contributed by atoms with Crippen LogP contribution in [0.2, 0.25) is 0 Å². The number of nitrogens with zero attached hydrogens (tertiary/aromatic N) is 1. The number of esters is 1. The average molecular weight is 289 g/mol. The van der Waals surface area contributed by atoms with Crippen LogP contribution in [-0.2, 0) is 4.74 Å². The first-order valence-corrected chi connectivity index (χ1v) is 8.20. The second-order valence-electron chi connectivity index (χ2n) is 5.96. The van der Waals surface area contributed by atoms with Crippen molar-refractivity contribution in [1.29, 1.82) is 0 Å². The molecule has 1 fully saturated rings. The van der Waals surface area contributed by atoms with Crippen molar-refractivity contribution in [1.82, 2.24) is 4.90 Å². The van der Waals surface area contributed by atoms with Gasteiger partial charge in [-0.15, -0.1) is 0 Å². The van der Waals surface area contributed by atoms with Gasteiger partial charge in [0.25, 0.3) is 0 Å². The number of likely N-dealkylation sites (N-methyl/N-ethyl adjacent to an activating group) is 1. The highest BCUT2D eigenvalue weighted by Gasteiger charge is 2.22. The van der Waals surface area contributed by atoms with Gasteiger partial charge in [0, 0.05) is 12.6 Å². The molecule has 1 unspecified atom stereocenters. The van der Waals surface area contributed by atoms with Crippen molar-refractivity contribution in [2.45, 2.75) is 58.1 Å². The molecule has 1 saturated carbocycles. The van der Waals surface area contributed by atoms with Crippen LogP contribution in [0.4, 0.5) is 0 Å². The summed E-state index contributed by atoms with van der Waals surface area (Å²) < 4.78 is 5.58. The molecule has 1 aromatic rings. The predicted octanol–water partition coefficient (Wildman–Crippen LogP) is 3.89. The van der Waals surface area contributed by atoms with E-state index in [1.54, 1.807) is 12.1 Å². The molecule has 3 nitrogen and oxygen atoms in total. The molecule has 3 heteroatoms. The van der Waals surface area contributed by atoms with Crippen LogP contribution in [0.3, 0.4) is 0 Å². The molecule has 0 aromatic heterocycles. The van der Waals surface area contributed by atoms with Crippen LogP contribution in [0.5, 0.6) is 0 Å². The lowest BCUT2D eigenvalue weighted by Gasteiger charge is -2.34. The highest BCUT2D eigenvalue weighted by Crippen LogP contribution is 2.22. The standard InChI is InChI=1S/C18H27NO2/c1-3-19(17-12-8-5-9-13-17)14-15(2)21-18(20)16-10-6-4-7-11-16/h4,6-7,10-11,15,17H,3,5,8-9,12-14H2,1-2H3. The number of carbonyl (C=O) groups excluding carboxylic acids is 1.